The van der Waals surface area contributed by atoms with Gasteiger partial charge in [0.15, 0.2) is 0 Å². The lowest BCUT2D eigenvalue weighted by Gasteiger charge is -2.28. The molecule has 0 saturated carbocycles. The number of nitrogens with zero attached hydrogens (tertiary/aromatic N) is 1. The van der Waals surface area contributed by atoms with Crippen LogP contribution in [0.1, 0.15) is 85.8 Å². The largest absolute Gasteiger partial charge is 0.496 e. The monoisotopic (exact) mass is 599 g/mol. The summed E-state index contributed by atoms with van der Waals surface area (Å²) in [6, 6.07) is 5.80. The van der Waals surface area contributed by atoms with Crippen molar-refractivity contribution in [3.05, 3.63) is 69.8 Å². The quantitative estimate of drug-likeness (QED) is 0.310. The Labute approximate surface area is 238 Å². The van der Waals surface area contributed by atoms with Crippen LogP contribution in [0.2, 0.25) is 0 Å². The Morgan fingerprint density at radius 2 is 1.67 bits per heavy atom. The molecule has 1 unspecified atom stereocenters. The number of carboxylic acid groups (broad SMARTS) is 1. The molecule has 1 amide bonds. The average Bonchev–Trinajstić information content (AvgIpc) is 3.20. The molecule has 3 atom stereocenters. The van der Waals surface area contributed by atoms with Gasteiger partial charge in [-0.3, -0.25) is 9.69 Å². The van der Waals surface area contributed by atoms with Crippen LogP contribution in [0, 0.1) is 0 Å². The molecule has 228 valence electrons. The predicted molar refractivity (Wildman–Crippen MR) is 141 cm³/mol. The van der Waals surface area contributed by atoms with Crippen LogP contribution in [0.5, 0.6) is 5.75 Å². The third-order valence-corrected chi connectivity index (χ3v) is 7.87. The van der Waals surface area contributed by atoms with Gasteiger partial charge in [-0.25, -0.2) is 4.79 Å². The lowest BCUT2D eigenvalue weighted by Crippen LogP contribution is -2.34. The van der Waals surface area contributed by atoms with Crippen molar-refractivity contribution in [1.29, 1.82) is 0 Å². The Morgan fingerprint density at radius 3 is 2.24 bits per heavy atom. The zero-order valence-electron chi connectivity index (χ0n) is 23.2. The Hall–Kier alpha value is -3.70. The number of rotatable bonds is 8. The highest BCUT2D eigenvalue weighted by molar-refractivity contribution is 5.77. The van der Waals surface area contributed by atoms with Crippen molar-refractivity contribution in [2.24, 2.45) is 0 Å². The molecule has 1 aliphatic carbocycles. The number of amides is 1. The minimum atomic E-state index is -5.03. The highest BCUT2D eigenvalue weighted by Gasteiger charge is 2.43. The van der Waals surface area contributed by atoms with Gasteiger partial charge in [0.2, 0.25) is 0 Å². The van der Waals surface area contributed by atoms with Gasteiger partial charge in [0.05, 0.1) is 30.7 Å². The summed E-state index contributed by atoms with van der Waals surface area (Å²) in [5.74, 6) is -0.644. The van der Waals surface area contributed by atoms with Crippen molar-refractivity contribution >= 4 is 17.6 Å². The Bertz CT molecular complexity index is 1350. The second-order valence-electron chi connectivity index (χ2n) is 10.8. The van der Waals surface area contributed by atoms with Crippen LogP contribution in [-0.4, -0.2) is 41.8 Å². The maximum atomic E-state index is 13.5. The Balaban J connectivity index is 1.69. The third kappa shape index (κ3) is 6.68. The van der Waals surface area contributed by atoms with E-state index in [1.807, 2.05) is 6.07 Å². The number of cyclic esters (lactones) is 1. The van der Waals surface area contributed by atoms with Crippen molar-refractivity contribution in [3.63, 3.8) is 0 Å². The minimum absolute atomic E-state index is 0.0423. The van der Waals surface area contributed by atoms with Crippen LogP contribution in [0.3, 0.4) is 0 Å². The smallest absolute Gasteiger partial charge is 0.416 e. The number of ether oxygens (including phenoxy) is 2. The highest BCUT2D eigenvalue weighted by Crippen LogP contribution is 2.43. The summed E-state index contributed by atoms with van der Waals surface area (Å²) in [5.41, 5.74) is -0.0154. The van der Waals surface area contributed by atoms with Crippen molar-refractivity contribution in [2.75, 3.05) is 13.7 Å². The first-order valence-electron chi connectivity index (χ1n) is 13.5. The number of alkyl halides is 6. The molecular weight excluding hydrogens is 568 g/mol. The van der Waals surface area contributed by atoms with E-state index in [1.54, 1.807) is 19.1 Å². The number of carbonyl (C=O) groups excluding carboxylic acids is 1. The molecule has 1 aliphatic heterocycles. The van der Waals surface area contributed by atoms with E-state index in [4.69, 9.17) is 9.47 Å². The molecule has 6 nitrogen and oxygen atoms in total. The molecule has 0 aromatic heterocycles. The molecule has 2 aromatic rings. The van der Waals surface area contributed by atoms with E-state index in [0.717, 1.165) is 35.1 Å². The van der Waals surface area contributed by atoms with Crippen LogP contribution < -0.4 is 4.74 Å². The van der Waals surface area contributed by atoms with E-state index < -0.39 is 47.7 Å². The molecule has 0 spiro atoms. The molecule has 12 heteroatoms. The number of aliphatic carboxylic acids is 1. The van der Waals surface area contributed by atoms with Crippen molar-refractivity contribution in [1.82, 2.24) is 4.90 Å². The number of carbonyl (C=O) groups is 2. The molecule has 4 rings (SSSR count). The van der Waals surface area contributed by atoms with Gasteiger partial charge in [0.1, 0.15) is 11.9 Å². The Morgan fingerprint density at radius 1 is 1.05 bits per heavy atom. The normalized spacial score (nSPS) is 20.5. The van der Waals surface area contributed by atoms with E-state index in [2.05, 4.69) is 0 Å². The van der Waals surface area contributed by atoms with Gasteiger partial charge in [-0.2, -0.15) is 26.3 Å². The summed E-state index contributed by atoms with van der Waals surface area (Å²) >= 11 is 0. The second-order valence-corrected chi connectivity index (χ2v) is 10.8. The van der Waals surface area contributed by atoms with E-state index in [-0.39, 0.29) is 30.5 Å². The fraction of sp³-hybridized carbons (Fsp3) is 0.467. The van der Waals surface area contributed by atoms with Gasteiger partial charge < -0.3 is 14.6 Å². The van der Waals surface area contributed by atoms with Gasteiger partial charge >= 0.3 is 24.4 Å². The van der Waals surface area contributed by atoms with Crippen LogP contribution >= 0.6 is 0 Å². The molecule has 1 saturated heterocycles. The molecule has 2 aromatic carbocycles. The molecule has 2 aliphatic rings. The molecule has 0 radical (unpaired) electrons. The molecule has 42 heavy (non-hydrogen) atoms. The van der Waals surface area contributed by atoms with Crippen molar-refractivity contribution < 1.29 is 50.5 Å². The molecular formula is C30H31F6NO5. The molecule has 1 fully saturated rings. The Kier molecular flexibility index (Phi) is 8.84. The van der Waals surface area contributed by atoms with E-state index in [9.17, 15) is 41.0 Å². The zero-order chi connectivity index (χ0) is 31.0. The number of hydrogen-bond acceptors (Lipinski definition) is 4. The summed E-state index contributed by atoms with van der Waals surface area (Å²) in [6.07, 6.45) is -9.39. The fourth-order valence-electron chi connectivity index (χ4n) is 5.62. The van der Waals surface area contributed by atoms with E-state index in [1.165, 1.54) is 18.9 Å². The van der Waals surface area contributed by atoms with Gasteiger partial charge in [0.25, 0.3) is 0 Å². The van der Waals surface area contributed by atoms with Crippen LogP contribution in [-0.2, 0) is 21.9 Å². The maximum absolute atomic E-state index is 13.5. The summed E-state index contributed by atoms with van der Waals surface area (Å²) < 4.78 is 91.7. The summed E-state index contributed by atoms with van der Waals surface area (Å²) in [5, 5.41) is 9.23. The van der Waals surface area contributed by atoms with E-state index >= 15 is 0 Å². The van der Waals surface area contributed by atoms with Crippen LogP contribution in [0.25, 0.3) is 5.57 Å². The standard InChI is InChI=1S/C30H31F6NO5/c1-16(10-26(38)39)18-8-9-25(41-3)24(13-18)23-7-5-4-6-19(23)15-37-17(2)27(42-28(37)40)20-11-21(29(31,32)33)14-22(12-20)30(34,35)36/h8-9,11-14,16-17,27H,4-7,10,15H2,1-3H3,(H,38,39)/t16?,17-,27-/m0/s1. The topological polar surface area (TPSA) is 76.1 Å². The number of methoxy groups -OCH3 is 1. The SMILES string of the molecule is COc1ccc(C(C)CC(=O)O)cc1C1=C(CN2C(=O)O[C@H](c3cc(C(F)(F)F)cc(C(F)(F)F)c3)[C@@H]2C)CCCC1. The summed E-state index contributed by atoms with van der Waals surface area (Å²) in [6.45, 7) is 3.39. The lowest BCUT2D eigenvalue weighted by molar-refractivity contribution is -0.143. The molecule has 1 N–H and O–H groups in total. The van der Waals surface area contributed by atoms with Crippen molar-refractivity contribution in [2.45, 2.75) is 76.4 Å². The second kappa shape index (κ2) is 11.9. The first-order chi connectivity index (χ1) is 19.6. The lowest BCUT2D eigenvalue weighted by atomic mass is 9.84. The molecule has 1 heterocycles. The number of benzene rings is 2. The van der Waals surface area contributed by atoms with Gasteiger partial charge in [-0.05, 0) is 91.1 Å². The summed E-state index contributed by atoms with van der Waals surface area (Å²) in [7, 11) is 1.51. The zero-order valence-corrected chi connectivity index (χ0v) is 23.2. The number of carboxylic acids is 1. The average molecular weight is 600 g/mol. The first-order valence-corrected chi connectivity index (χ1v) is 13.5. The number of halogens is 6. The maximum Gasteiger partial charge on any atom is 0.416 e. The van der Waals surface area contributed by atoms with Gasteiger partial charge in [-0.15, -0.1) is 0 Å². The number of hydrogen-bond donors (Lipinski definition) is 1. The van der Waals surface area contributed by atoms with Gasteiger partial charge in [-0.1, -0.05) is 13.0 Å². The van der Waals surface area contributed by atoms with Gasteiger partial charge in [0, 0.05) is 12.1 Å². The van der Waals surface area contributed by atoms with Crippen molar-refractivity contribution in [3.8, 4) is 5.75 Å². The third-order valence-electron chi connectivity index (χ3n) is 7.87. The highest BCUT2D eigenvalue weighted by atomic mass is 19.4. The number of allylic oxidation sites excluding steroid dienone is 1. The predicted octanol–water partition coefficient (Wildman–Crippen LogP) is 8.22. The molecule has 0 bridgehead atoms. The van der Waals surface area contributed by atoms with E-state index in [0.29, 0.717) is 30.7 Å². The van der Waals surface area contributed by atoms with Crippen LogP contribution in [0.4, 0.5) is 31.1 Å². The fourth-order valence-corrected chi connectivity index (χ4v) is 5.62. The minimum Gasteiger partial charge on any atom is -0.496 e. The summed E-state index contributed by atoms with van der Waals surface area (Å²) in [4.78, 5) is 25.6. The first kappa shape index (κ1) is 31.2. The van der Waals surface area contributed by atoms with Crippen LogP contribution in [0.15, 0.2) is 42.0 Å².